The lowest BCUT2D eigenvalue weighted by molar-refractivity contribution is 0.0690. The average Bonchev–Trinajstić information content (AvgIpc) is 1.85. The van der Waals surface area contributed by atoms with Gasteiger partial charge in [0.05, 0.1) is 11.7 Å². The molecule has 2 N–H and O–H groups in total. The van der Waals surface area contributed by atoms with Crippen LogP contribution in [0.3, 0.4) is 0 Å². The second-order valence-electron chi connectivity index (χ2n) is 3.49. The number of nitrogens with one attached hydrogen (secondary N) is 1. The van der Waals surface area contributed by atoms with E-state index in [4.69, 9.17) is 4.74 Å². The first-order valence-corrected chi connectivity index (χ1v) is 3.91. The van der Waals surface area contributed by atoms with Crippen LogP contribution in [0.4, 0.5) is 0 Å². The van der Waals surface area contributed by atoms with Gasteiger partial charge in [-0.25, -0.2) is 0 Å². The summed E-state index contributed by atoms with van der Waals surface area (Å²) in [6.45, 7) is 6.91. The molecule has 0 fully saturated rings. The molecule has 0 saturated carbocycles. The normalized spacial score (nSPS) is 15.0. The second kappa shape index (κ2) is 4.70. The highest BCUT2D eigenvalue weighted by Gasteiger charge is 2.11. The molecule has 0 rings (SSSR count). The van der Waals surface area contributed by atoms with E-state index in [2.05, 4.69) is 5.32 Å². The summed E-state index contributed by atoms with van der Waals surface area (Å²) in [7, 11) is 1.68. The van der Waals surface area contributed by atoms with Gasteiger partial charge >= 0.3 is 0 Å². The third kappa shape index (κ3) is 7.78. The van der Waals surface area contributed by atoms with Crippen molar-refractivity contribution in [2.45, 2.75) is 32.5 Å². The van der Waals surface area contributed by atoms with Gasteiger partial charge in [-0.3, -0.25) is 0 Å². The fraction of sp³-hybridized carbons (Fsp3) is 1.00. The maximum Gasteiger partial charge on any atom is 0.0715 e. The van der Waals surface area contributed by atoms with Crippen molar-refractivity contribution in [1.29, 1.82) is 0 Å². The summed E-state index contributed by atoms with van der Waals surface area (Å²) in [6.07, 6.45) is 0.206. The molecule has 0 aliphatic heterocycles. The van der Waals surface area contributed by atoms with Gasteiger partial charge in [0.1, 0.15) is 0 Å². The van der Waals surface area contributed by atoms with Crippen LogP contribution in [0.15, 0.2) is 0 Å². The number of aliphatic hydroxyl groups is 1. The van der Waals surface area contributed by atoms with E-state index in [1.165, 1.54) is 0 Å². The van der Waals surface area contributed by atoms with Crippen LogP contribution in [-0.2, 0) is 4.74 Å². The second-order valence-corrected chi connectivity index (χ2v) is 3.49. The molecule has 0 aromatic heterocycles. The first-order chi connectivity index (χ1) is 4.95. The Bertz CT molecular complexity index is 98.8. The van der Waals surface area contributed by atoms with Crippen molar-refractivity contribution in [3.8, 4) is 0 Å². The first-order valence-electron chi connectivity index (χ1n) is 3.91. The van der Waals surface area contributed by atoms with Gasteiger partial charge in [0.25, 0.3) is 0 Å². The minimum Gasteiger partial charge on any atom is -0.389 e. The Morgan fingerprint density at radius 2 is 2.09 bits per heavy atom. The van der Waals surface area contributed by atoms with Crippen LogP contribution in [0, 0.1) is 0 Å². The molecule has 0 saturated heterocycles. The predicted molar refractivity (Wildman–Crippen MR) is 45.6 cm³/mol. The Hall–Kier alpha value is -0.120. The topological polar surface area (TPSA) is 41.5 Å². The zero-order chi connectivity index (χ0) is 8.91. The predicted octanol–water partition coefficient (Wildman–Crippen LogP) is 0.382. The highest BCUT2D eigenvalue weighted by Crippen LogP contribution is 1.97. The van der Waals surface area contributed by atoms with Crippen LogP contribution in [0.25, 0.3) is 0 Å². The van der Waals surface area contributed by atoms with Gasteiger partial charge in [-0.05, 0) is 20.8 Å². The van der Waals surface area contributed by atoms with E-state index in [1.54, 1.807) is 21.0 Å². The molecule has 0 aliphatic carbocycles. The molecule has 0 amide bonds. The minimum absolute atomic E-state index is 0.206. The third-order valence-electron chi connectivity index (χ3n) is 1.39. The van der Waals surface area contributed by atoms with Gasteiger partial charge in [0.2, 0.25) is 0 Å². The average molecular weight is 161 g/mol. The molecule has 3 heteroatoms. The van der Waals surface area contributed by atoms with Crippen LogP contribution >= 0.6 is 0 Å². The molecule has 68 valence electrons. The number of hydrogen-bond donors (Lipinski definition) is 2. The summed E-state index contributed by atoms with van der Waals surface area (Å²) in [5, 5.41) is 12.4. The van der Waals surface area contributed by atoms with E-state index in [1.807, 2.05) is 6.92 Å². The van der Waals surface area contributed by atoms with Crippen molar-refractivity contribution in [3.63, 3.8) is 0 Å². The monoisotopic (exact) mass is 161 g/mol. The standard InChI is InChI=1S/C8H19NO2/c1-7(11-4)5-9-6-8(2,3)10/h7,9-10H,5-6H2,1-4H3. The van der Waals surface area contributed by atoms with Crippen LogP contribution < -0.4 is 5.32 Å². The zero-order valence-electron chi connectivity index (χ0n) is 7.85. The van der Waals surface area contributed by atoms with Gasteiger partial charge in [-0.15, -0.1) is 0 Å². The molecule has 1 unspecified atom stereocenters. The van der Waals surface area contributed by atoms with Crippen molar-refractivity contribution in [2.75, 3.05) is 20.2 Å². The van der Waals surface area contributed by atoms with Gasteiger partial charge in [-0.1, -0.05) is 0 Å². The molecule has 0 aromatic rings. The SMILES string of the molecule is COC(C)CNCC(C)(C)O. The number of methoxy groups -OCH3 is 1. The molecule has 11 heavy (non-hydrogen) atoms. The molecule has 3 nitrogen and oxygen atoms in total. The maximum absolute atomic E-state index is 9.30. The van der Waals surface area contributed by atoms with Gasteiger partial charge in [0, 0.05) is 20.2 Å². The van der Waals surface area contributed by atoms with Crippen molar-refractivity contribution >= 4 is 0 Å². The zero-order valence-corrected chi connectivity index (χ0v) is 7.85. The van der Waals surface area contributed by atoms with E-state index in [0.717, 1.165) is 6.54 Å². The lowest BCUT2D eigenvalue weighted by atomic mass is 10.1. The van der Waals surface area contributed by atoms with Crippen molar-refractivity contribution in [3.05, 3.63) is 0 Å². The number of ether oxygens (including phenoxy) is 1. The Balaban J connectivity index is 3.28. The molecule has 1 atom stereocenters. The van der Waals surface area contributed by atoms with Crippen LogP contribution in [0.1, 0.15) is 20.8 Å². The Morgan fingerprint density at radius 1 is 1.55 bits per heavy atom. The molecule has 0 aliphatic rings. The minimum atomic E-state index is -0.631. The van der Waals surface area contributed by atoms with Gasteiger partial charge in [-0.2, -0.15) is 0 Å². The smallest absolute Gasteiger partial charge is 0.0715 e. The Morgan fingerprint density at radius 3 is 2.45 bits per heavy atom. The van der Waals surface area contributed by atoms with Gasteiger partial charge in [0.15, 0.2) is 0 Å². The largest absolute Gasteiger partial charge is 0.389 e. The van der Waals surface area contributed by atoms with E-state index in [9.17, 15) is 5.11 Å². The lowest BCUT2D eigenvalue weighted by Gasteiger charge is -2.19. The third-order valence-corrected chi connectivity index (χ3v) is 1.39. The fourth-order valence-corrected chi connectivity index (χ4v) is 0.665. The summed E-state index contributed by atoms with van der Waals surface area (Å²) in [5.74, 6) is 0. The number of hydrogen-bond acceptors (Lipinski definition) is 3. The first kappa shape index (κ1) is 10.9. The molecule has 0 radical (unpaired) electrons. The fourth-order valence-electron chi connectivity index (χ4n) is 0.665. The highest BCUT2D eigenvalue weighted by molar-refractivity contribution is 4.69. The van der Waals surface area contributed by atoms with E-state index in [-0.39, 0.29) is 6.10 Å². The molecule has 0 aromatic carbocycles. The van der Waals surface area contributed by atoms with Crippen molar-refractivity contribution in [2.24, 2.45) is 0 Å². The van der Waals surface area contributed by atoms with Crippen molar-refractivity contribution in [1.82, 2.24) is 5.32 Å². The summed E-state index contributed by atoms with van der Waals surface area (Å²) < 4.78 is 5.02. The van der Waals surface area contributed by atoms with E-state index < -0.39 is 5.60 Å². The van der Waals surface area contributed by atoms with E-state index in [0.29, 0.717) is 6.54 Å². The van der Waals surface area contributed by atoms with Crippen molar-refractivity contribution < 1.29 is 9.84 Å². The van der Waals surface area contributed by atoms with E-state index >= 15 is 0 Å². The molecule has 0 heterocycles. The maximum atomic E-state index is 9.30. The summed E-state index contributed by atoms with van der Waals surface area (Å²) in [5.41, 5.74) is -0.631. The lowest BCUT2D eigenvalue weighted by Crippen LogP contribution is -2.38. The van der Waals surface area contributed by atoms with Crippen LogP contribution in [0.5, 0.6) is 0 Å². The Labute approximate surface area is 68.8 Å². The Kier molecular flexibility index (Phi) is 4.65. The summed E-state index contributed by atoms with van der Waals surface area (Å²) >= 11 is 0. The number of rotatable bonds is 5. The molecule has 0 bridgehead atoms. The molecular weight excluding hydrogens is 142 g/mol. The van der Waals surface area contributed by atoms with Crippen LogP contribution in [-0.4, -0.2) is 37.0 Å². The van der Waals surface area contributed by atoms with Gasteiger partial charge < -0.3 is 15.2 Å². The molecule has 0 spiro atoms. The summed E-state index contributed by atoms with van der Waals surface area (Å²) in [6, 6.07) is 0. The molecular formula is C8H19NO2. The quantitative estimate of drug-likeness (QED) is 0.612. The highest BCUT2D eigenvalue weighted by atomic mass is 16.5. The summed E-state index contributed by atoms with van der Waals surface area (Å²) in [4.78, 5) is 0. The van der Waals surface area contributed by atoms with Crippen LogP contribution in [0.2, 0.25) is 0 Å².